The molecule has 0 aliphatic carbocycles. The number of amides is 1. The fraction of sp³-hybridized carbons (Fsp3) is 0.174. The number of rotatable bonds is 7. The summed E-state index contributed by atoms with van der Waals surface area (Å²) >= 11 is 0. The maximum absolute atomic E-state index is 12.6. The Hall–Kier alpha value is -3.47. The molecule has 28 heavy (non-hydrogen) atoms. The number of aryl methyl sites for hydroxylation is 1. The summed E-state index contributed by atoms with van der Waals surface area (Å²) in [5, 5.41) is 11.3. The minimum atomic E-state index is -0.557. The predicted molar refractivity (Wildman–Crippen MR) is 112 cm³/mol. The molecule has 0 spiro atoms. The van der Waals surface area contributed by atoms with Gasteiger partial charge in [0, 0.05) is 5.69 Å². The van der Waals surface area contributed by atoms with E-state index in [1.165, 1.54) is 0 Å². The average molecular weight is 373 g/mol. The molecule has 1 unspecified atom stereocenters. The van der Waals surface area contributed by atoms with E-state index in [0.717, 1.165) is 17.0 Å². The second kappa shape index (κ2) is 9.46. The molecule has 0 aliphatic heterocycles. The van der Waals surface area contributed by atoms with Gasteiger partial charge in [0.25, 0.3) is 5.91 Å². The van der Waals surface area contributed by atoms with Gasteiger partial charge in [-0.25, -0.2) is 0 Å². The molecule has 5 nitrogen and oxygen atoms in total. The van der Waals surface area contributed by atoms with Crippen LogP contribution in [0.15, 0.2) is 89.1 Å². The molecule has 0 bridgehead atoms. The van der Waals surface area contributed by atoms with E-state index in [9.17, 15) is 4.79 Å². The van der Waals surface area contributed by atoms with Gasteiger partial charge in [-0.1, -0.05) is 43.3 Å². The third-order valence-corrected chi connectivity index (χ3v) is 4.20. The Morgan fingerprint density at radius 3 is 2.14 bits per heavy atom. The molecule has 5 heteroatoms. The first-order chi connectivity index (χ1) is 13.7. The molecular weight excluding hydrogens is 350 g/mol. The lowest BCUT2D eigenvalue weighted by Gasteiger charge is -2.18. The fourth-order valence-electron chi connectivity index (χ4n) is 2.61. The minimum absolute atomic E-state index is 0.176. The Bertz CT molecular complexity index is 938. The van der Waals surface area contributed by atoms with E-state index in [0.29, 0.717) is 17.8 Å². The van der Waals surface area contributed by atoms with Gasteiger partial charge in [0.1, 0.15) is 5.75 Å². The van der Waals surface area contributed by atoms with E-state index >= 15 is 0 Å². The Balaban J connectivity index is 1.61. The van der Waals surface area contributed by atoms with Gasteiger partial charge in [0.15, 0.2) is 6.10 Å². The van der Waals surface area contributed by atoms with Gasteiger partial charge in [-0.15, -0.1) is 0 Å². The zero-order valence-corrected chi connectivity index (χ0v) is 16.0. The van der Waals surface area contributed by atoms with E-state index in [4.69, 9.17) is 4.74 Å². The third kappa shape index (κ3) is 5.27. The number of hydrogen-bond donors (Lipinski definition) is 1. The van der Waals surface area contributed by atoms with Crippen LogP contribution in [0.1, 0.15) is 18.9 Å². The monoisotopic (exact) mass is 373 g/mol. The van der Waals surface area contributed by atoms with Crippen LogP contribution in [0.2, 0.25) is 0 Å². The van der Waals surface area contributed by atoms with Crippen LogP contribution >= 0.6 is 0 Å². The topological polar surface area (TPSA) is 63.0 Å². The lowest BCUT2D eigenvalue weighted by molar-refractivity contribution is -0.122. The van der Waals surface area contributed by atoms with Crippen LogP contribution in [-0.2, 0) is 4.79 Å². The lowest BCUT2D eigenvalue weighted by atomic mass is 10.2. The SMILES string of the molecule is CCC(Oc1ccccc1C)C(=O)Nc1ccc(N=Nc2ccccc2)cc1. The maximum atomic E-state index is 12.6. The van der Waals surface area contributed by atoms with Crippen molar-refractivity contribution in [2.75, 3.05) is 5.32 Å². The van der Waals surface area contributed by atoms with Gasteiger partial charge >= 0.3 is 0 Å². The first-order valence-electron chi connectivity index (χ1n) is 9.25. The number of ether oxygens (including phenoxy) is 1. The molecule has 1 atom stereocenters. The highest BCUT2D eigenvalue weighted by Gasteiger charge is 2.19. The average Bonchev–Trinajstić information content (AvgIpc) is 2.73. The molecule has 1 N–H and O–H groups in total. The second-order valence-electron chi connectivity index (χ2n) is 6.35. The van der Waals surface area contributed by atoms with Crippen molar-refractivity contribution in [1.82, 2.24) is 0 Å². The molecule has 3 rings (SSSR count). The molecule has 0 saturated heterocycles. The van der Waals surface area contributed by atoms with Crippen molar-refractivity contribution in [3.05, 3.63) is 84.4 Å². The smallest absolute Gasteiger partial charge is 0.265 e. The van der Waals surface area contributed by atoms with Crippen molar-refractivity contribution < 1.29 is 9.53 Å². The molecule has 0 aromatic heterocycles. The Kier molecular flexibility index (Phi) is 6.52. The van der Waals surface area contributed by atoms with E-state index in [2.05, 4.69) is 15.5 Å². The summed E-state index contributed by atoms with van der Waals surface area (Å²) in [6.45, 7) is 3.89. The second-order valence-corrected chi connectivity index (χ2v) is 6.35. The molecule has 3 aromatic carbocycles. The first kappa shape index (κ1) is 19.3. The molecule has 1 amide bonds. The lowest BCUT2D eigenvalue weighted by Crippen LogP contribution is -2.32. The first-order valence-corrected chi connectivity index (χ1v) is 9.25. The van der Waals surface area contributed by atoms with Gasteiger partial charge in [0.05, 0.1) is 11.4 Å². The Morgan fingerprint density at radius 2 is 1.50 bits per heavy atom. The summed E-state index contributed by atoms with van der Waals surface area (Å²) in [7, 11) is 0. The highest BCUT2D eigenvalue weighted by atomic mass is 16.5. The van der Waals surface area contributed by atoms with Crippen molar-refractivity contribution in [2.45, 2.75) is 26.4 Å². The number of anilines is 1. The minimum Gasteiger partial charge on any atom is -0.480 e. The number of benzene rings is 3. The van der Waals surface area contributed by atoms with Crippen LogP contribution in [-0.4, -0.2) is 12.0 Å². The molecule has 142 valence electrons. The third-order valence-electron chi connectivity index (χ3n) is 4.20. The number of para-hydroxylation sites is 1. The maximum Gasteiger partial charge on any atom is 0.265 e. The fourth-order valence-corrected chi connectivity index (χ4v) is 2.61. The Labute approximate surface area is 165 Å². The van der Waals surface area contributed by atoms with Crippen molar-refractivity contribution >= 4 is 23.0 Å². The van der Waals surface area contributed by atoms with Crippen molar-refractivity contribution in [1.29, 1.82) is 0 Å². The van der Waals surface area contributed by atoms with E-state index in [-0.39, 0.29) is 5.91 Å². The largest absolute Gasteiger partial charge is 0.480 e. The van der Waals surface area contributed by atoms with Gasteiger partial charge in [-0.3, -0.25) is 4.79 Å². The van der Waals surface area contributed by atoms with E-state index in [1.54, 1.807) is 12.1 Å². The standard InChI is InChI=1S/C23H23N3O2/c1-3-21(28-22-12-8-7-9-17(22)2)23(27)24-18-13-15-20(16-14-18)26-25-19-10-5-4-6-11-19/h4-16,21H,3H2,1-2H3,(H,24,27). The van der Waals surface area contributed by atoms with E-state index < -0.39 is 6.10 Å². The summed E-state index contributed by atoms with van der Waals surface area (Å²) in [6.07, 6.45) is 0.0161. The van der Waals surface area contributed by atoms with E-state index in [1.807, 2.05) is 80.6 Å². The van der Waals surface area contributed by atoms with Crippen LogP contribution in [0.4, 0.5) is 17.1 Å². The number of nitrogens with one attached hydrogen (secondary N) is 1. The molecule has 0 saturated carbocycles. The summed E-state index contributed by atoms with van der Waals surface area (Å²) in [6, 6.07) is 24.4. The zero-order chi connectivity index (χ0) is 19.8. The van der Waals surface area contributed by atoms with Crippen LogP contribution in [0.25, 0.3) is 0 Å². The summed E-state index contributed by atoms with van der Waals surface area (Å²) < 4.78 is 5.89. The van der Waals surface area contributed by atoms with Gasteiger partial charge in [0.2, 0.25) is 0 Å². The molecule has 0 aliphatic rings. The number of hydrogen-bond acceptors (Lipinski definition) is 4. The molecule has 3 aromatic rings. The summed E-state index contributed by atoms with van der Waals surface area (Å²) in [5.74, 6) is 0.547. The normalized spacial score (nSPS) is 11.9. The molecule has 0 fully saturated rings. The number of carbonyl (C=O) groups excluding carboxylic acids is 1. The highest BCUT2D eigenvalue weighted by Crippen LogP contribution is 2.22. The molecular formula is C23H23N3O2. The quantitative estimate of drug-likeness (QED) is 0.501. The Morgan fingerprint density at radius 1 is 0.893 bits per heavy atom. The van der Waals surface area contributed by atoms with Crippen LogP contribution in [0.3, 0.4) is 0 Å². The van der Waals surface area contributed by atoms with Crippen LogP contribution < -0.4 is 10.1 Å². The predicted octanol–water partition coefficient (Wildman–Crippen LogP) is 6.21. The highest BCUT2D eigenvalue weighted by molar-refractivity contribution is 5.94. The summed E-state index contributed by atoms with van der Waals surface area (Å²) in [4.78, 5) is 12.6. The van der Waals surface area contributed by atoms with Gasteiger partial charge in [-0.2, -0.15) is 10.2 Å². The number of azo groups is 1. The zero-order valence-electron chi connectivity index (χ0n) is 16.0. The molecule has 0 radical (unpaired) electrons. The van der Waals surface area contributed by atoms with Crippen molar-refractivity contribution in [2.24, 2.45) is 10.2 Å². The van der Waals surface area contributed by atoms with Crippen LogP contribution in [0.5, 0.6) is 5.75 Å². The van der Waals surface area contributed by atoms with Crippen molar-refractivity contribution in [3.8, 4) is 5.75 Å². The van der Waals surface area contributed by atoms with Crippen molar-refractivity contribution in [3.63, 3.8) is 0 Å². The van der Waals surface area contributed by atoms with Gasteiger partial charge in [-0.05, 0) is 61.4 Å². The number of carbonyl (C=O) groups is 1. The number of nitrogens with zero attached hydrogens (tertiary/aromatic N) is 2. The van der Waals surface area contributed by atoms with Crippen LogP contribution in [0, 0.1) is 6.92 Å². The summed E-state index contributed by atoms with van der Waals surface area (Å²) in [5.41, 5.74) is 3.20. The van der Waals surface area contributed by atoms with Gasteiger partial charge < -0.3 is 10.1 Å². The molecule has 0 heterocycles.